The van der Waals surface area contributed by atoms with Crippen molar-refractivity contribution in [3.05, 3.63) is 88.0 Å². The fourth-order valence-electron chi connectivity index (χ4n) is 2.93. The van der Waals surface area contributed by atoms with E-state index >= 15 is 0 Å². The first kappa shape index (κ1) is 17.2. The standard InChI is InChI=1S/C21H15FN2O2S/c1-13-7-9-15(10-8-13)23-19-18(17-6-3-11-27-17)20(25)24(21(19)26)16-5-2-4-14(22)12-16/h2-12,23H,1H3. The third-order valence-electron chi connectivity index (χ3n) is 4.24. The number of hydrogen-bond acceptors (Lipinski definition) is 4. The van der Waals surface area contributed by atoms with Crippen LogP contribution >= 0.6 is 11.3 Å². The van der Waals surface area contributed by atoms with Gasteiger partial charge < -0.3 is 5.32 Å². The average Bonchev–Trinajstić information content (AvgIpc) is 3.24. The molecule has 0 fully saturated rings. The van der Waals surface area contributed by atoms with Crippen molar-refractivity contribution < 1.29 is 14.0 Å². The minimum absolute atomic E-state index is 0.190. The quantitative estimate of drug-likeness (QED) is 0.676. The molecule has 1 N–H and O–H groups in total. The molecular weight excluding hydrogens is 363 g/mol. The van der Waals surface area contributed by atoms with E-state index in [0.29, 0.717) is 16.1 Å². The summed E-state index contributed by atoms with van der Waals surface area (Å²) in [6, 6.07) is 16.6. The maximum Gasteiger partial charge on any atom is 0.282 e. The van der Waals surface area contributed by atoms with Gasteiger partial charge in [0.1, 0.15) is 11.5 Å². The molecule has 0 atom stereocenters. The van der Waals surface area contributed by atoms with Crippen LogP contribution in [0.5, 0.6) is 0 Å². The summed E-state index contributed by atoms with van der Waals surface area (Å²) in [7, 11) is 0. The molecule has 0 aliphatic carbocycles. The molecule has 0 saturated carbocycles. The second kappa shape index (κ2) is 6.81. The van der Waals surface area contributed by atoms with Crippen molar-refractivity contribution in [2.75, 3.05) is 10.2 Å². The number of amides is 2. The van der Waals surface area contributed by atoms with Crippen molar-refractivity contribution in [1.82, 2.24) is 0 Å². The summed E-state index contributed by atoms with van der Waals surface area (Å²) >= 11 is 1.37. The van der Waals surface area contributed by atoms with Crippen LogP contribution in [0.2, 0.25) is 0 Å². The van der Waals surface area contributed by atoms with E-state index in [0.717, 1.165) is 10.5 Å². The second-order valence-electron chi connectivity index (χ2n) is 6.14. The Labute approximate surface area is 159 Å². The summed E-state index contributed by atoms with van der Waals surface area (Å²) < 4.78 is 13.7. The van der Waals surface area contributed by atoms with Gasteiger partial charge in [-0.3, -0.25) is 9.59 Å². The zero-order valence-electron chi connectivity index (χ0n) is 14.4. The maximum absolute atomic E-state index is 13.7. The predicted octanol–water partition coefficient (Wildman–Crippen LogP) is 4.59. The number of halogens is 1. The fraction of sp³-hybridized carbons (Fsp3) is 0.0476. The van der Waals surface area contributed by atoms with Crippen molar-refractivity contribution in [2.45, 2.75) is 6.92 Å². The highest BCUT2D eigenvalue weighted by Crippen LogP contribution is 2.35. The average molecular weight is 378 g/mol. The molecule has 0 unspecified atom stereocenters. The Hall–Kier alpha value is -3.25. The summed E-state index contributed by atoms with van der Waals surface area (Å²) in [5.74, 6) is -1.48. The first-order valence-electron chi connectivity index (χ1n) is 8.31. The second-order valence-corrected chi connectivity index (χ2v) is 7.09. The van der Waals surface area contributed by atoms with E-state index in [9.17, 15) is 14.0 Å². The molecule has 4 rings (SSSR count). The molecule has 2 aromatic carbocycles. The third-order valence-corrected chi connectivity index (χ3v) is 5.13. The smallest absolute Gasteiger partial charge is 0.282 e. The molecule has 27 heavy (non-hydrogen) atoms. The normalized spacial score (nSPS) is 14.2. The molecule has 1 aliphatic heterocycles. The lowest BCUT2D eigenvalue weighted by atomic mass is 10.1. The minimum atomic E-state index is -0.509. The summed E-state index contributed by atoms with van der Waals surface area (Å²) in [4.78, 5) is 27.8. The molecule has 2 amide bonds. The fourth-order valence-corrected chi connectivity index (χ4v) is 3.69. The minimum Gasteiger partial charge on any atom is -0.350 e. The van der Waals surface area contributed by atoms with E-state index in [4.69, 9.17) is 0 Å². The molecule has 0 spiro atoms. The van der Waals surface area contributed by atoms with Gasteiger partial charge in [0.25, 0.3) is 11.8 Å². The number of rotatable bonds is 4. The van der Waals surface area contributed by atoms with Crippen molar-refractivity contribution >= 4 is 40.1 Å². The molecule has 3 aromatic rings. The van der Waals surface area contributed by atoms with Crippen LogP contribution in [-0.4, -0.2) is 11.8 Å². The Morgan fingerprint density at radius 2 is 1.74 bits per heavy atom. The molecule has 6 heteroatoms. The van der Waals surface area contributed by atoms with Crippen molar-refractivity contribution in [3.8, 4) is 0 Å². The van der Waals surface area contributed by atoms with Gasteiger partial charge in [0.2, 0.25) is 0 Å². The Balaban J connectivity index is 1.79. The Morgan fingerprint density at radius 1 is 0.963 bits per heavy atom. The zero-order valence-corrected chi connectivity index (χ0v) is 15.2. The lowest BCUT2D eigenvalue weighted by Gasteiger charge is -2.15. The van der Waals surface area contributed by atoms with E-state index in [1.807, 2.05) is 42.6 Å². The highest BCUT2D eigenvalue weighted by molar-refractivity contribution is 7.11. The number of hydrogen-bond donors (Lipinski definition) is 1. The van der Waals surface area contributed by atoms with Gasteiger partial charge in [-0.25, -0.2) is 9.29 Å². The molecule has 0 radical (unpaired) electrons. The topological polar surface area (TPSA) is 49.4 Å². The van der Waals surface area contributed by atoms with Crippen molar-refractivity contribution in [1.29, 1.82) is 0 Å². The summed E-state index contributed by atoms with van der Waals surface area (Å²) in [6.45, 7) is 1.97. The van der Waals surface area contributed by atoms with Gasteiger partial charge in [0.05, 0.1) is 11.3 Å². The Bertz CT molecular complexity index is 1060. The molecule has 1 aromatic heterocycles. The van der Waals surface area contributed by atoms with E-state index < -0.39 is 17.6 Å². The lowest BCUT2D eigenvalue weighted by Crippen LogP contribution is -2.32. The maximum atomic E-state index is 13.7. The Morgan fingerprint density at radius 3 is 2.41 bits per heavy atom. The number of thiophene rings is 1. The van der Waals surface area contributed by atoms with E-state index in [1.165, 1.54) is 29.5 Å². The Kier molecular flexibility index (Phi) is 4.33. The van der Waals surface area contributed by atoms with Crippen molar-refractivity contribution in [2.24, 2.45) is 0 Å². The number of aryl methyl sites for hydroxylation is 1. The zero-order chi connectivity index (χ0) is 19.0. The molecular formula is C21H15FN2O2S. The highest BCUT2D eigenvalue weighted by atomic mass is 32.1. The number of carbonyl (C=O) groups is 2. The van der Waals surface area contributed by atoms with Gasteiger partial charge in [-0.2, -0.15) is 0 Å². The number of carbonyl (C=O) groups excluding carboxylic acids is 2. The molecule has 0 bridgehead atoms. The monoisotopic (exact) mass is 378 g/mol. The highest BCUT2D eigenvalue weighted by Gasteiger charge is 2.40. The molecule has 2 heterocycles. The van der Waals surface area contributed by atoms with Crippen LogP contribution in [0.15, 0.2) is 71.7 Å². The van der Waals surface area contributed by atoms with Crippen LogP contribution < -0.4 is 10.2 Å². The van der Waals surface area contributed by atoms with Gasteiger partial charge in [-0.1, -0.05) is 29.8 Å². The number of imide groups is 1. The van der Waals surface area contributed by atoms with Crippen LogP contribution in [0.4, 0.5) is 15.8 Å². The van der Waals surface area contributed by atoms with E-state index in [2.05, 4.69) is 5.32 Å². The van der Waals surface area contributed by atoms with Crippen LogP contribution in [0.3, 0.4) is 0 Å². The van der Waals surface area contributed by atoms with E-state index in [1.54, 1.807) is 12.1 Å². The van der Waals surface area contributed by atoms with E-state index in [-0.39, 0.29) is 11.4 Å². The number of anilines is 2. The van der Waals surface area contributed by atoms with Gasteiger partial charge in [-0.05, 0) is 48.7 Å². The van der Waals surface area contributed by atoms with Gasteiger partial charge in [0.15, 0.2) is 0 Å². The molecule has 4 nitrogen and oxygen atoms in total. The summed E-state index contributed by atoms with van der Waals surface area (Å²) in [6.07, 6.45) is 0. The van der Waals surface area contributed by atoms with Crippen LogP contribution in [0.1, 0.15) is 10.4 Å². The van der Waals surface area contributed by atoms with Crippen LogP contribution in [-0.2, 0) is 9.59 Å². The van der Waals surface area contributed by atoms with Gasteiger partial charge in [0, 0.05) is 10.6 Å². The number of nitrogens with zero attached hydrogens (tertiary/aromatic N) is 1. The lowest BCUT2D eigenvalue weighted by molar-refractivity contribution is -0.120. The third kappa shape index (κ3) is 3.15. The summed E-state index contributed by atoms with van der Waals surface area (Å²) in [5, 5.41) is 4.92. The molecule has 0 saturated heterocycles. The van der Waals surface area contributed by atoms with Gasteiger partial charge in [-0.15, -0.1) is 11.3 Å². The summed E-state index contributed by atoms with van der Waals surface area (Å²) in [5.41, 5.74) is 2.48. The predicted molar refractivity (Wildman–Crippen MR) is 105 cm³/mol. The van der Waals surface area contributed by atoms with Crippen LogP contribution in [0, 0.1) is 12.7 Å². The number of benzene rings is 2. The molecule has 134 valence electrons. The molecule has 1 aliphatic rings. The first-order chi connectivity index (χ1) is 13.0. The van der Waals surface area contributed by atoms with Crippen LogP contribution in [0.25, 0.3) is 5.57 Å². The number of nitrogens with one attached hydrogen (secondary N) is 1. The largest absolute Gasteiger partial charge is 0.350 e. The first-order valence-corrected chi connectivity index (χ1v) is 9.19. The van der Waals surface area contributed by atoms with Gasteiger partial charge >= 0.3 is 0 Å². The SMILES string of the molecule is Cc1ccc(NC2=C(c3cccs3)C(=O)N(c3cccc(F)c3)C2=O)cc1. The van der Waals surface area contributed by atoms with Crippen molar-refractivity contribution in [3.63, 3.8) is 0 Å².